The number of benzene rings is 2. The third-order valence-electron chi connectivity index (χ3n) is 3.84. The monoisotopic (exact) mass is 380 g/mol. The third kappa shape index (κ3) is 2.45. The van der Waals surface area contributed by atoms with Crippen molar-refractivity contribution >= 4 is 44.1 Å². The van der Waals surface area contributed by atoms with Crippen LogP contribution in [-0.2, 0) is 0 Å². The number of nitrogens with one attached hydrogen (secondary N) is 1. The van der Waals surface area contributed by atoms with E-state index in [2.05, 4.69) is 31.0 Å². The number of H-pyrrole nitrogens is 1. The molecule has 5 nitrogen and oxygen atoms in total. The Morgan fingerprint density at radius 3 is 2.79 bits per heavy atom. The van der Waals surface area contributed by atoms with Crippen LogP contribution < -0.4 is 5.56 Å². The van der Waals surface area contributed by atoms with Gasteiger partial charge in [-0.2, -0.15) is 9.78 Å². The van der Waals surface area contributed by atoms with Crippen molar-refractivity contribution in [1.82, 2.24) is 14.6 Å². The van der Waals surface area contributed by atoms with E-state index in [-0.39, 0.29) is 5.56 Å². The first-order valence-electron chi connectivity index (χ1n) is 7.43. The Morgan fingerprint density at radius 1 is 1.21 bits per heavy atom. The topological polar surface area (TPSA) is 63.0 Å². The smallest absolute Gasteiger partial charge is 0.298 e. The van der Waals surface area contributed by atoms with Gasteiger partial charge in [0.1, 0.15) is 16.9 Å². The molecular formula is C18H13BrN4O. The standard InChI is InChI=1S/C18H13BrN4O/c1-11-21-16-14-9-13(19)7-8-15(14)22-17(16)18(24)23(11)20-10-12-5-3-2-4-6-12/h2-10,22H,1H3/b20-10-. The predicted octanol–water partition coefficient (Wildman–Crippen LogP) is 3.83. The van der Waals surface area contributed by atoms with E-state index in [9.17, 15) is 4.79 Å². The third-order valence-corrected chi connectivity index (χ3v) is 4.33. The molecule has 0 aliphatic rings. The molecule has 0 fully saturated rings. The fourth-order valence-corrected chi connectivity index (χ4v) is 3.04. The highest BCUT2D eigenvalue weighted by Gasteiger charge is 2.13. The molecular weight excluding hydrogens is 368 g/mol. The second-order valence-corrected chi connectivity index (χ2v) is 6.39. The zero-order chi connectivity index (χ0) is 16.7. The van der Waals surface area contributed by atoms with Crippen LogP contribution in [0.25, 0.3) is 21.9 Å². The molecule has 0 atom stereocenters. The molecule has 2 aromatic heterocycles. The van der Waals surface area contributed by atoms with Crippen molar-refractivity contribution in [2.45, 2.75) is 6.92 Å². The van der Waals surface area contributed by atoms with Gasteiger partial charge in [0.2, 0.25) is 0 Å². The molecule has 0 saturated heterocycles. The van der Waals surface area contributed by atoms with Crippen LogP contribution in [0.4, 0.5) is 0 Å². The summed E-state index contributed by atoms with van der Waals surface area (Å²) >= 11 is 3.46. The number of fused-ring (bicyclic) bond motifs is 3. The van der Waals surface area contributed by atoms with Crippen molar-refractivity contribution in [2.24, 2.45) is 5.10 Å². The van der Waals surface area contributed by atoms with Crippen LogP contribution >= 0.6 is 15.9 Å². The van der Waals surface area contributed by atoms with E-state index in [4.69, 9.17) is 0 Å². The summed E-state index contributed by atoms with van der Waals surface area (Å²) in [5, 5.41) is 5.22. The van der Waals surface area contributed by atoms with Gasteiger partial charge in [0.15, 0.2) is 0 Å². The van der Waals surface area contributed by atoms with E-state index in [1.54, 1.807) is 13.1 Å². The lowest BCUT2D eigenvalue weighted by molar-refractivity contribution is 0.770. The Bertz CT molecular complexity index is 1140. The molecule has 0 aliphatic carbocycles. The summed E-state index contributed by atoms with van der Waals surface area (Å²) in [4.78, 5) is 20.5. The Hall–Kier alpha value is -2.73. The quantitative estimate of drug-likeness (QED) is 0.537. The molecule has 0 unspecified atom stereocenters. The maximum atomic E-state index is 12.8. The van der Waals surface area contributed by atoms with Gasteiger partial charge in [0, 0.05) is 15.4 Å². The van der Waals surface area contributed by atoms with Gasteiger partial charge in [-0.15, -0.1) is 0 Å². The summed E-state index contributed by atoms with van der Waals surface area (Å²) < 4.78 is 2.27. The number of aryl methyl sites for hydroxylation is 1. The van der Waals surface area contributed by atoms with Gasteiger partial charge in [0.25, 0.3) is 5.56 Å². The number of nitrogens with zero attached hydrogens (tertiary/aromatic N) is 3. The molecule has 0 saturated carbocycles. The molecule has 0 radical (unpaired) electrons. The molecule has 6 heteroatoms. The fourth-order valence-electron chi connectivity index (χ4n) is 2.68. The lowest BCUT2D eigenvalue weighted by atomic mass is 10.2. The molecule has 4 aromatic rings. The van der Waals surface area contributed by atoms with Gasteiger partial charge >= 0.3 is 0 Å². The maximum absolute atomic E-state index is 12.8. The van der Waals surface area contributed by atoms with Crippen molar-refractivity contribution in [1.29, 1.82) is 0 Å². The zero-order valence-electron chi connectivity index (χ0n) is 12.8. The average molecular weight is 381 g/mol. The molecule has 1 N–H and O–H groups in total. The van der Waals surface area contributed by atoms with Gasteiger partial charge in [-0.05, 0) is 30.7 Å². The van der Waals surface area contributed by atoms with Crippen LogP contribution in [0, 0.1) is 6.92 Å². The summed E-state index contributed by atoms with van der Waals surface area (Å²) in [6.07, 6.45) is 1.65. The lowest BCUT2D eigenvalue weighted by Gasteiger charge is -2.03. The molecule has 2 heterocycles. The molecule has 0 aliphatic heterocycles. The van der Waals surface area contributed by atoms with Crippen LogP contribution in [0.15, 0.2) is 62.9 Å². The number of aromatic amines is 1. The largest absolute Gasteiger partial charge is 0.349 e. The van der Waals surface area contributed by atoms with Crippen LogP contribution in [0.5, 0.6) is 0 Å². The summed E-state index contributed by atoms with van der Waals surface area (Å²) in [5.41, 5.74) is 2.71. The van der Waals surface area contributed by atoms with Crippen molar-refractivity contribution < 1.29 is 0 Å². The van der Waals surface area contributed by atoms with Gasteiger partial charge in [-0.1, -0.05) is 46.3 Å². The van der Waals surface area contributed by atoms with Crippen molar-refractivity contribution in [3.05, 3.63) is 74.7 Å². The van der Waals surface area contributed by atoms with Crippen LogP contribution in [0.2, 0.25) is 0 Å². The first kappa shape index (κ1) is 14.8. The van der Waals surface area contributed by atoms with E-state index in [1.807, 2.05) is 48.5 Å². The zero-order valence-corrected chi connectivity index (χ0v) is 14.4. The Labute approximate surface area is 145 Å². The van der Waals surface area contributed by atoms with E-state index in [0.29, 0.717) is 16.9 Å². The van der Waals surface area contributed by atoms with Crippen LogP contribution in [0.3, 0.4) is 0 Å². The van der Waals surface area contributed by atoms with Gasteiger partial charge in [-0.25, -0.2) is 4.98 Å². The second kappa shape index (κ2) is 5.72. The fraction of sp³-hybridized carbons (Fsp3) is 0.0556. The highest BCUT2D eigenvalue weighted by Crippen LogP contribution is 2.25. The normalized spacial score (nSPS) is 11.8. The molecule has 4 rings (SSSR count). The molecule has 118 valence electrons. The molecule has 0 amide bonds. The van der Waals surface area contributed by atoms with Gasteiger partial charge < -0.3 is 4.98 Å². The van der Waals surface area contributed by atoms with Gasteiger partial charge in [0.05, 0.1) is 6.21 Å². The highest BCUT2D eigenvalue weighted by atomic mass is 79.9. The SMILES string of the molecule is Cc1nc2c([nH]c3ccc(Br)cc32)c(=O)n1/N=C\c1ccccc1. The summed E-state index contributed by atoms with van der Waals surface area (Å²) in [6, 6.07) is 15.4. The molecule has 2 aromatic carbocycles. The predicted molar refractivity (Wildman–Crippen MR) is 99.7 cm³/mol. The Balaban J connectivity index is 1.93. The van der Waals surface area contributed by atoms with Crippen molar-refractivity contribution in [3.63, 3.8) is 0 Å². The van der Waals surface area contributed by atoms with E-state index < -0.39 is 0 Å². The van der Waals surface area contributed by atoms with Crippen LogP contribution in [-0.4, -0.2) is 20.9 Å². The number of aromatic nitrogens is 3. The van der Waals surface area contributed by atoms with Crippen LogP contribution in [0.1, 0.15) is 11.4 Å². The highest BCUT2D eigenvalue weighted by molar-refractivity contribution is 9.10. The van der Waals surface area contributed by atoms with Gasteiger partial charge in [-0.3, -0.25) is 4.79 Å². The summed E-state index contributed by atoms with van der Waals surface area (Å²) in [6.45, 7) is 1.78. The summed E-state index contributed by atoms with van der Waals surface area (Å²) in [5.74, 6) is 0.542. The Kier molecular flexibility index (Phi) is 3.54. The first-order valence-corrected chi connectivity index (χ1v) is 8.23. The molecule has 24 heavy (non-hydrogen) atoms. The number of halogens is 1. The first-order chi connectivity index (χ1) is 11.6. The minimum Gasteiger partial charge on any atom is -0.349 e. The minimum absolute atomic E-state index is 0.211. The van der Waals surface area contributed by atoms with Crippen molar-refractivity contribution in [3.8, 4) is 0 Å². The lowest BCUT2D eigenvalue weighted by Crippen LogP contribution is -2.20. The number of hydrogen-bond acceptors (Lipinski definition) is 3. The Morgan fingerprint density at radius 2 is 2.00 bits per heavy atom. The molecule has 0 bridgehead atoms. The van der Waals surface area contributed by atoms with E-state index in [0.717, 1.165) is 20.9 Å². The van der Waals surface area contributed by atoms with E-state index in [1.165, 1.54) is 4.68 Å². The summed E-state index contributed by atoms with van der Waals surface area (Å²) in [7, 11) is 0. The average Bonchev–Trinajstić information content (AvgIpc) is 2.94. The second-order valence-electron chi connectivity index (χ2n) is 5.47. The molecule has 0 spiro atoms. The van der Waals surface area contributed by atoms with E-state index >= 15 is 0 Å². The van der Waals surface area contributed by atoms with Crippen molar-refractivity contribution in [2.75, 3.05) is 0 Å². The number of hydrogen-bond donors (Lipinski definition) is 1. The minimum atomic E-state index is -0.211. The number of rotatable bonds is 2. The maximum Gasteiger partial charge on any atom is 0.298 e.